The van der Waals surface area contributed by atoms with E-state index >= 15 is 0 Å². The van der Waals surface area contributed by atoms with Crippen molar-refractivity contribution in [1.82, 2.24) is 0 Å². The van der Waals surface area contributed by atoms with Gasteiger partial charge in [0.2, 0.25) is 0 Å². The molecule has 2 N–H and O–H groups in total. The molecule has 3 unspecified atom stereocenters. The van der Waals surface area contributed by atoms with E-state index < -0.39 is 0 Å². The number of benzene rings is 1. The van der Waals surface area contributed by atoms with E-state index in [0.29, 0.717) is 5.92 Å². The van der Waals surface area contributed by atoms with Crippen LogP contribution >= 0.6 is 0 Å². The van der Waals surface area contributed by atoms with Crippen LogP contribution in [0.5, 0.6) is 0 Å². The summed E-state index contributed by atoms with van der Waals surface area (Å²) in [5, 5.41) is 0. The van der Waals surface area contributed by atoms with Gasteiger partial charge in [0.25, 0.3) is 0 Å². The van der Waals surface area contributed by atoms with Gasteiger partial charge in [-0.15, -0.1) is 0 Å². The van der Waals surface area contributed by atoms with Crippen molar-refractivity contribution < 1.29 is 4.74 Å². The first-order chi connectivity index (χ1) is 7.20. The van der Waals surface area contributed by atoms with Gasteiger partial charge in [0.05, 0.1) is 6.10 Å². The Labute approximate surface area is 92.4 Å². The maximum Gasteiger partial charge on any atom is 0.0974 e. The topological polar surface area (TPSA) is 35.2 Å². The molecule has 15 heavy (non-hydrogen) atoms. The molecule has 1 aromatic carbocycles. The number of hydrogen-bond donors (Lipinski definition) is 1. The zero-order chi connectivity index (χ0) is 11.3. The van der Waals surface area contributed by atoms with E-state index in [-0.39, 0.29) is 12.1 Å². The summed E-state index contributed by atoms with van der Waals surface area (Å²) >= 11 is 0. The van der Waals surface area contributed by atoms with E-state index in [1.54, 1.807) is 7.11 Å². The number of rotatable bonds is 5. The average Bonchev–Trinajstić information content (AvgIpc) is 2.30. The molecular formula is C13H21NO. The van der Waals surface area contributed by atoms with Crippen molar-refractivity contribution in [3.8, 4) is 0 Å². The van der Waals surface area contributed by atoms with Crippen molar-refractivity contribution in [3.63, 3.8) is 0 Å². The molecular weight excluding hydrogens is 186 g/mol. The molecule has 0 amide bonds. The molecule has 1 rings (SSSR count). The van der Waals surface area contributed by atoms with E-state index in [9.17, 15) is 0 Å². The first-order valence-corrected chi connectivity index (χ1v) is 5.54. The summed E-state index contributed by atoms with van der Waals surface area (Å²) in [7, 11) is 1.72. The maximum absolute atomic E-state index is 6.19. The zero-order valence-corrected chi connectivity index (χ0v) is 9.81. The second-order valence-electron chi connectivity index (χ2n) is 4.03. The number of ether oxygens (including phenoxy) is 1. The Morgan fingerprint density at radius 1 is 1.27 bits per heavy atom. The lowest BCUT2D eigenvalue weighted by molar-refractivity contribution is 0.0630. The van der Waals surface area contributed by atoms with Gasteiger partial charge < -0.3 is 10.5 Å². The molecule has 2 nitrogen and oxygen atoms in total. The summed E-state index contributed by atoms with van der Waals surface area (Å²) < 4.78 is 5.50. The Morgan fingerprint density at radius 2 is 1.87 bits per heavy atom. The summed E-state index contributed by atoms with van der Waals surface area (Å²) in [5.74, 6) is 0.468. The van der Waals surface area contributed by atoms with Gasteiger partial charge in [-0.05, 0) is 11.5 Å². The molecule has 0 aliphatic rings. The number of hydrogen-bond acceptors (Lipinski definition) is 2. The Kier molecular flexibility index (Phi) is 4.79. The van der Waals surface area contributed by atoms with Gasteiger partial charge in [0, 0.05) is 13.2 Å². The average molecular weight is 207 g/mol. The first-order valence-electron chi connectivity index (χ1n) is 5.54. The van der Waals surface area contributed by atoms with Crippen LogP contribution in [0.3, 0.4) is 0 Å². The van der Waals surface area contributed by atoms with Crippen LogP contribution < -0.4 is 5.73 Å². The Hall–Kier alpha value is -0.860. The zero-order valence-electron chi connectivity index (χ0n) is 9.81. The summed E-state index contributed by atoms with van der Waals surface area (Å²) in [6.45, 7) is 4.32. The third kappa shape index (κ3) is 3.05. The second-order valence-corrected chi connectivity index (χ2v) is 4.03. The molecule has 1 aromatic rings. The molecule has 0 fully saturated rings. The lowest BCUT2D eigenvalue weighted by Crippen LogP contribution is -2.35. The SMILES string of the molecule is CCC(C)C(N)C(OC)c1ccccc1. The minimum absolute atomic E-state index is 0.00106. The lowest BCUT2D eigenvalue weighted by Gasteiger charge is -2.27. The van der Waals surface area contributed by atoms with Crippen LogP contribution in [0.25, 0.3) is 0 Å². The summed E-state index contributed by atoms with van der Waals surface area (Å²) in [5.41, 5.74) is 7.35. The summed E-state index contributed by atoms with van der Waals surface area (Å²) in [6.07, 6.45) is 1.08. The van der Waals surface area contributed by atoms with Crippen LogP contribution in [0.2, 0.25) is 0 Å². The molecule has 0 saturated heterocycles. The standard InChI is InChI=1S/C13H21NO/c1-4-10(2)12(14)13(15-3)11-8-6-5-7-9-11/h5-10,12-13H,4,14H2,1-3H3. The molecule has 3 atom stereocenters. The molecule has 0 saturated carbocycles. The van der Waals surface area contributed by atoms with Crippen molar-refractivity contribution in [2.75, 3.05) is 7.11 Å². The predicted octanol–water partition coefficient (Wildman–Crippen LogP) is 2.75. The predicted molar refractivity (Wildman–Crippen MR) is 63.6 cm³/mol. The van der Waals surface area contributed by atoms with Gasteiger partial charge in [-0.25, -0.2) is 0 Å². The minimum atomic E-state index is 0.00106. The smallest absolute Gasteiger partial charge is 0.0974 e. The molecule has 0 radical (unpaired) electrons. The van der Waals surface area contributed by atoms with Gasteiger partial charge in [0.15, 0.2) is 0 Å². The van der Waals surface area contributed by atoms with Gasteiger partial charge in [-0.3, -0.25) is 0 Å². The summed E-state index contributed by atoms with van der Waals surface area (Å²) in [6, 6.07) is 10.2. The van der Waals surface area contributed by atoms with E-state index in [2.05, 4.69) is 26.0 Å². The second kappa shape index (κ2) is 5.89. The van der Waals surface area contributed by atoms with Crippen LogP contribution in [0.4, 0.5) is 0 Å². The van der Waals surface area contributed by atoms with Crippen LogP contribution in [0.15, 0.2) is 30.3 Å². The fourth-order valence-corrected chi connectivity index (χ4v) is 1.73. The monoisotopic (exact) mass is 207 g/mol. The van der Waals surface area contributed by atoms with Gasteiger partial charge in [-0.2, -0.15) is 0 Å². The largest absolute Gasteiger partial charge is 0.375 e. The molecule has 0 spiro atoms. The van der Waals surface area contributed by atoms with Crippen molar-refractivity contribution in [3.05, 3.63) is 35.9 Å². The molecule has 84 valence electrons. The third-order valence-corrected chi connectivity index (χ3v) is 3.03. The molecule has 0 aliphatic heterocycles. The van der Waals surface area contributed by atoms with Crippen LogP contribution in [0, 0.1) is 5.92 Å². The van der Waals surface area contributed by atoms with Gasteiger partial charge >= 0.3 is 0 Å². The minimum Gasteiger partial charge on any atom is -0.375 e. The van der Waals surface area contributed by atoms with E-state index in [1.165, 1.54) is 0 Å². The molecule has 0 heterocycles. The van der Waals surface area contributed by atoms with Gasteiger partial charge in [0.1, 0.15) is 0 Å². The third-order valence-electron chi connectivity index (χ3n) is 3.03. The Morgan fingerprint density at radius 3 is 2.33 bits per heavy atom. The normalized spacial score (nSPS) is 17.1. The van der Waals surface area contributed by atoms with Crippen LogP contribution in [0.1, 0.15) is 31.9 Å². The molecule has 0 aliphatic carbocycles. The number of nitrogens with two attached hydrogens (primary N) is 1. The van der Waals surface area contributed by atoms with Crippen LogP contribution in [-0.4, -0.2) is 13.2 Å². The Balaban J connectivity index is 2.80. The van der Waals surface area contributed by atoms with Crippen molar-refractivity contribution in [2.45, 2.75) is 32.4 Å². The first kappa shape index (κ1) is 12.2. The lowest BCUT2D eigenvalue weighted by atomic mass is 9.91. The van der Waals surface area contributed by atoms with E-state index in [1.807, 2.05) is 18.2 Å². The fourth-order valence-electron chi connectivity index (χ4n) is 1.73. The highest BCUT2D eigenvalue weighted by atomic mass is 16.5. The Bertz CT molecular complexity index is 273. The highest BCUT2D eigenvalue weighted by Gasteiger charge is 2.23. The van der Waals surface area contributed by atoms with Crippen LogP contribution in [-0.2, 0) is 4.74 Å². The van der Waals surface area contributed by atoms with Crippen molar-refractivity contribution in [2.24, 2.45) is 11.7 Å². The van der Waals surface area contributed by atoms with E-state index in [4.69, 9.17) is 10.5 Å². The summed E-state index contributed by atoms with van der Waals surface area (Å²) in [4.78, 5) is 0. The van der Waals surface area contributed by atoms with E-state index in [0.717, 1.165) is 12.0 Å². The molecule has 0 aromatic heterocycles. The van der Waals surface area contributed by atoms with Crippen molar-refractivity contribution in [1.29, 1.82) is 0 Å². The van der Waals surface area contributed by atoms with Crippen molar-refractivity contribution >= 4 is 0 Å². The number of methoxy groups -OCH3 is 1. The molecule has 0 bridgehead atoms. The molecule has 2 heteroatoms. The van der Waals surface area contributed by atoms with Gasteiger partial charge in [-0.1, -0.05) is 50.6 Å². The maximum atomic E-state index is 6.19. The quantitative estimate of drug-likeness (QED) is 0.805. The highest BCUT2D eigenvalue weighted by molar-refractivity contribution is 5.19. The fraction of sp³-hybridized carbons (Fsp3) is 0.538. The highest BCUT2D eigenvalue weighted by Crippen LogP contribution is 2.24.